The lowest BCUT2D eigenvalue weighted by Crippen LogP contribution is -2.57. The van der Waals surface area contributed by atoms with Gasteiger partial charge in [0.25, 0.3) is 0 Å². The Bertz CT molecular complexity index is 528. The number of rotatable bonds is 0. The van der Waals surface area contributed by atoms with Crippen LogP contribution in [0.4, 0.5) is 0 Å². The molecule has 1 aromatic rings. The first-order chi connectivity index (χ1) is 8.67. The van der Waals surface area contributed by atoms with E-state index >= 15 is 0 Å². The first-order valence-corrected chi connectivity index (χ1v) is 8.94. The van der Waals surface area contributed by atoms with E-state index in [4.69, 9.17) is 0 Å². The van der Waals surface area contributed by atoms with Gasteiger partial charge in [0.15, 0.2) is 0 Å². The SMILES string of the molecule is BrC1C[C@]23CCc4ccc5c(c42)[C@@]1(CC5)CC3Br. The zero-order chi connectivity index (χ0) is 12.1. The van der Waals surface area contributed by atoms with E-state index in [0.29, 0.717) is 20.5 Å². The van der Waals surface area contributed by atoms with Crippen LogP contribution in [0.15, 0.2) is 12.1 Å². The van der Waals surface area contributed by atoms with Gasteiger partial charge in [0.05, 0.1) is 0 Å². The Labute approximate surface area is 125 Å². The molecule has 2 spiro atoms. The maximum atomic E-state index is 4.07. The molecule has 0 aromatic heterocycles. The molecule has 1 saturated carbocycles. The van der Waals surface area contributed by atoms with Gasteiger partial charge in [-0.1, -0.05) is 44.0 Å². The minimum Gasteiger partial charge on any atom is -0.0881 e. The van der Waals surface area contributed by atoms with Crippen LogP contribution >= 0.6 is 31.9 Å². The van der Waals surface area contributed by atoms with Gasteiger partial charge >= 0.3 is 0 Å². The summed E-state index contributed by atoms with van der Waals surface area (Å²) in [6.45, 7) is 0. The van der Waals surface area contributed by atoms with Crippen molar-refractivity contribution in [1.29, 1.82) is 0 Å². The number of aryl methyl sites for hydroxylation is 2. The van der Waals surface area contributed by atoms with Crippen LogP contribution in [-0.2, 0) is 23.7 Å². The van der Waals surface area contributed by atoms with Gasteiger partial charge in [-0.25, -0.2) is 0 Å². The predicted octanol–water partition coefficient (Wildman–Crippen LogP) is 4.39. The molecule has 0 N–H and O–H groups in total. The molecule has 2 unspecified atom stereocenters. The topological polar surface area (TPSA) is 0 Å². The zero-order valence-electron chi connectivity index (χ0n) is 10.3. The Morgan fingerprint density at radius 2 is 1.28 bits per heavy atom. The van der Waals surface area contributed by atoms with E-state index in [-0.39, 0.29) is 0 Å². The van der Waals surface area contributed by atoms with Crippen molar-refractivity contribution in [2.45, 2.75) is 59.0 Å². The number of halogens is 2. The van der Waals surface area contributed by atoms with Crippen LogP contribution in [0, 0.1) is 0 Å². The normalized spacial score (nSPS) is 46.6. The second-order valence-corrected chi connectivity index (χ2v) is 9.00. The predicted molar refractivity (Wildman–Crippen MR) is 81.1 cm³/mol. The van der Waals surface area contributed by atoms with Crippen molar-refractivity contribution >= 4 is 31.9 Å². The number of alkyl halides is 2. The summed E-state index contributed by atoms with van der Waals surface area (Å²) in [5.74, 6) is 0. The van der Waals surface area contributed by atoms with E-state index in [0.717, 1.165) is 0 Å². The third-order valence-electron chi connectivity index (χ3n) is 6.34. The molecule has 2 bridgehead atoms. The van der Waals surface area contributed by atoms with Crippen LogP contribution < -0.4 is 0 Å². The number of hydrogen-bond donors (Lipinski definition) is 0. The van der Waals surface area contributed by atoms with Crippen molar-refractivity contribution in [2.24, 2.45) is 0 Å². The van der Waals surface area contributed by atoms with E-state index in [1.54, 1.807) is 22.3 Å². The molecule has 0 saturated heterocycles. The maximum absolute atomic E-state index is 4.07. The fourth-order valence-electron chi connectivity index (χ4n) is 5.53. The third-order valence-corrected chi connectivity index (χ3v) is 8.74. The van der Waals surface area contributed by atoms with Crippen molar-refractivity contribution in [3.05, 3.63) is 34.4 Å². The highest BCUT2D eigenvalue weighted by Gasteiger charge is 2.64. The van der Waals surface area contributed by atoms with Crippen molar-refractivity contribution in [3.8, 4) is 0 Å². The summed E-state index contributed by atoms with van der Waals surface area (Å²) < 4.78 is 0. The smallest absolute Gasteiger partial charge is 0.0252 e. The van der Waals surface area contributed by atoms with Gasteiger partial charge in [-0.2, -0.15) is 0 Å². The fourth-order valence-corrected chi connectivity index (χ4v) is 7.97. The van der Waals surface area contributed by atoms with Gasteiger partial charge in [0.1, 0.15) is 0 Å². The van der Waals surface area contributed by atoms with Crippen LogP contribution in [0.25, 0.3) is 0 Å². The molecule has 18 heavy (non-hydrogen) atoms. The summed E-state index contributed by atoms with van der Waals surface area (Å²) in [5, 5.41) is 0. The van der Waals surface area contributed by atoms with Gasteiger partial charge in [0.2, 0.25) is 0 Å². The molecule has 5 aliphatic carbocycles. The molecule has 6 rings (SSSR count). The van der Waals surface area contributed by atoms with Crippen LogP contribution in [-0.4, -0.2) is 9.65 Å². The van der Waals surface area contributed by atoms with Crippen molar-refractivity contribution < 1.29 is 0 Å². The molecule has 2 heteroatoms. The second-order valence-electron chi connectivity index (χ2n) is 6.79. The molecular weight excluding hydrogens is 352 g/mol. The van der Waals surface area contributed by atoms with Crippen LogP contribution in [0.2, 0.25) is 0 Å². The summed E-state index contributed by atoms with van der Waals surface area (Å²) in [7, 11) is 0. The van der Waals surface area contributed by atoms with E-state index in [1.807, 2.05) is 0 Å². The van der Waals surface area contributed by atoms with E-state index < -0.39 is 0 Å². The minimum absolute atomic E-state index is 0.459. The quantitative estimate of drug-likeness (QED) is 0.596. The lowest BCUT2D eigenvalue weighted by atomic mass is 9.52. The average molecular weight is 368 g/mol. The lowest BCUT2D eigenvalue weighted by molar-refractivity contribution is 0.187. The molecule has 5 aliphatic rings. The standard InChI is InChI=1S/C16H16Br2/c17-11-8-16-6-4-10-2-1-9-3-5-15(11,7-12(16)18)13(9)14(10)16/h1-2,11-12H,3-8H2/t11?,12?,15-,16-/m0/s1. The summed E-state index contributed by atoms with van der Waals surface area (Å²) in [6.07, 6.45) is 8.06. The van der Waals surface area contributed by atoms with E-state index in [1.165, 1.54) is 38.5 Å². The third kappa shape index (κ3) is 0.934. The highest BCUT2D eigenvalue weighted by molar-refractivity contribution is 9.10. The first kappa shape index (κ1) is 10.9. The van der Waals surface area contributed by atoms with E-state index in [9.17, 15) is 0 Å². The first-order valence-electron chi connectivity index (χ1n) is 7.11. The monoisotopic (exact) mass is 366 g/mol. The molecule has 0 amide bonds. The molecule has 4 atom stereocenters. The van der Waals surface area contributed by atoms with E-state index in [2.05, 4.69) is 44.0 Å². The second kappa shape index (κ2) is 3.09. The molecule has 0 aliphatic heterocycles. The Morgan fingerprint density at radius 1 is 0.833 bits per heavy atom. The molecule has 0 heterocycles. The molecule has 94 valence electrons. The summed E-state index contributed by atoms with van der Waals surface area (Å²) >= 11 is 8.14. The maximum Gasteiger partial charge on any atom is 0.0252 e. The lowest BCUT2D eigenvalue weighted by Gasteiger charge is -2.57. The molecule has 0 radical (unpaired) electrons. The van der Waals surface area contributed by atoms with Crippen molar-refractivity contribution in [1.82, 2.24) is 0 Å². The Balaban J connectivity index is 1.95. The highest BCUT2D eigenvalue weighted by atomic mass is 79.9. The largest absolute Gasteiger partial charge is 0.0881 e. The number of fused-ring (bicyclic) bond motifs is 2. The van der Waals surface area contributed by atoms with Gasteiger partial charge in [-0.15, -0.1) is 0 Å². The fraction of sp³-hybridized carbons (Fsp3) is 0.625. The average Bonchev–Trinajstić information content (AvgIpc) is 2.89. The molecular formula is C16H16Br2. The summed E-state index contributed by atoms with van der Waals surface area (Å²) in [5.41, 5.74) is 7.84. The number of benzene rings is 1. The van der Waals surface area contributed by atoms with Crippen LogP contribution in [0.1, 0.15) is 47.9 Å². The zero-order valence-corrected chi connectivity index (χ0v) is 13.5. The molecule has 0 nitrogen and oxygen atoms in total. The molecule has 1 fully saturated rings. The van der Waals surface area contributed by atoms with Gasteiger partial charge in [-0.05, 0) is 60.8 Å². The van der Waals surface area contributed by atoms with Crippen LogP contribution in [0.3, 0.4) is 0 Å². The highest BCUT2D eigenvalue weighted by Crippen LogP contribution is 2.68. The van der Waals surface area contributed by atoms with Gasteiger partial charge in [0, 0.05) is 20.5 Å². The molecule has 1 aromatic carbocycles. The Morgan fingerprint density at radius 3 is 1.72 bits per heavy atom. The minimum atomic E-state index is 0.459. The summed E-state index contributed by atoms with van der Waals surface area (Å²) in [6, 6.07) is 4.87. The number of hydrogen-bond acceptors (Lipinski definition) is 0. The van der Waals surface area contributed by atoms with Crippen molar-refractivity contribution in [2.75, 3.05) is 0 Å². The van der Waals surface area contributed by atoms with Crippen molar-refractivity contribution in [3.63, 3.8) is 0 Å². The Kier molecular flexibility index (Phi) is 1.87. The van der Waals surface area contributed by atoms with Gasteiger partial charge in [-0.3, -0.25) is 0 Å². The van der Waals surface area contributed by atoms with Gasteiger partial charge < -0.3 is 0 Å². The Hall–Kier alpha value is 0.180. The summed E-state index contributed by atoms with van der Waals surface area (Å²) in [4.78, 5) is 1.42. The van der Waals surface area contributed by atoms with Crippen LogP contribution in [0.5, 0.6) is 0 Å².